The highest BCUT2D eigenvalue weighted by atomic mass is 16.6. The van der Waals surface area contributed by atoms with Crippen molar-refractivity contribution < 1.29 is 14.3 Å². The number of rotatable bonds is 4. The van der Waals surface area contributed by atoms with Crippen LogP contribution in [0.1, 0.15) is 28.8 Å². The number of hydrogen-bond acceptors (Lipinski definition) is 4. The molecule has 1 unspecified atom stereocenters. The van der Waals surface area contributed by atoms with Gasteiger partial charge in [-0.2, -0.15) is 0 Å². The van der Waals surface area contributed by atoms with Gasteiger partial charge in [0.05, 0.1) is 5.69 Å². The van der Waals surface area contributed by atoms with Crippen LogP contribution in [-0.2, 0) is 4.74 Å². The number of amides is 1. The first kappa shape index (κ1) is 16.8. The van der Waals surface area contributed by atoms with E-state index in [0.29, 0.717) is 22.7 Å². The normalized spacial score (nSPS) is 24.1. The van der Waals surface area contributed by atoms with E-state index in [-0.39, 0.29) is 11.9 Å². The molecule has 1 amide bonds. The first-order valence-electron chi connectivity index (χ1n) is 9.09. The monoisotopic (exact) mass is 350 g/mol. The fourth-order valence-electron chi connectivity index (χ4n) is 3.86. The molecule has 1 N–H and O–H groups in total. The Labute approximate surface area is 153 Å². The van der Waals surface area contributed by atoms with E-state index < -0.39 is 6.09 Å². The fourth-order valence-corrected chi connectivity index (χ4v) is 3.86. The van der Waals surface area contributed by atoms with Gasteiger partial charge in [-0.3, -0.25) is 15.0 Å². The van der Waals surface area contributed by atoms with Crippen LogP contribution in [0.15, 0.2) is 54.6 Å². The van der Waals surface area contributed by atoms with Gasteiger partial charge in [0.2, 0.25) is 0 Å². The molecule has 2 aromatic rings. The van der Waals surface area contributed by atoms with Crippen molar-refractivity contribution >= 4 is 17.6 Å². The summed E-state index contributed by atoms with van der Waals surface area (Å²) in [5.41, 5.74) is 1.53. The summed E-state index contributed by atoms with van der Waals surface area (Å²) in [7, 11) is 0. The number of ketones is 1. The van der Waals surface area contributed by atoms with Crippen molar-refractivity contribution in [2.75, 3.05) is 25.0 Å². The van der Waals surface area contributed by atoms with Gasteiger partial charge in [0.15, 0.2) is 5.78 Å². The van der Waals surface area contributed by atoms with E-state index in [9.17, 15) is 9.59 Å². The molecule has 3 aliphatic rings. The summed E-state index contributed by atoms with van der Waals surface area (Å²) in [4.78, 5) is 27.5. The Kier molecular flexibility index (Phi) is 4.71. The summed E-state index contributed by atoms with van der Waals surface area (Å²) < 4.78 is 5.67. The van der Waals surface area contributed by atoms with E-state index in [0.717, 1.165) is 32.5 Å². The lowest BCUT2D eigenvalue weighted by molar-refractivity contribution is -0.0289. The molecule has 134 valence electrons. The second-order valence-corrected chi connectivity index (χ2v) is 6.95. The molecule has 0 aromatic heterocycles. The van der Waals surface area contributed by atoms with Crippen LogP contribution in [0, 0.1) is 5.92 Å². The maximum absolute atomic E-state index is 12.7. The highest BCUT2D eigenvalue weighted by Crippen LogP contribution is 2.30. The smallest absolute Gasteiger partial charge is 0.411 e. The predicted octanol–water partition coefficient (Wildman–Crippen LogP) is 3.56. The molecule has 5 heteroatoms. The van der Waals surface area contributed by atoms with Crippen LogP contribution in [0.4, 0.5) is 10.5 Å². The minimum atomic E-state index is -0.489. The van der Waals surface area contributed by atoms with E-state index in [4.69, 9.17) is 4.74 Å². The first-order valence-corrected chi connectivity index (χ1v) is 9.09. The number of ether oxygens (including phenoxy) is 1. The Morgan fingerprint density at radius 2 is 1.65 bits per heavy atom. The minimum Gasteiger partial charge on any atom is -0.444 e. The van der Waals surface area contributed by atoms with Gasteiger partial charge in [-0.1, -0.05) is 42.5 Å². The summed E-state index contributed by atoms with van der Waals surface area (Å²) in [6.07, 6.45) is 1.62. The second-order valence-electron chi connectivity index (χ2n) is 6.95. The van der Waals surface area contributed by atoms with Crippen LogP contribution in [0.25, 0.3) is 0 Å². The summed E-state index contributed by atoms with van der Waals surface area (Å²) in [6, 6.07) is 16.1. The zero-order valence-corrected chi connectivity index (χ0v) is 14.6. The molecule has 0 spiro atoms. The Morgan fingerprint density at radius 3 is 2.35 bits per heavy atom. The van der Waals surface area contributed by atoms with E-state index in [1.54, 1.807) is 36.4 Å². The largest absolute Gasteiger partial charge is 0.444 e. The van der Waals surface area contributed by atoms with Crippen molar-refractivity contribution in [2.24, 2.45) is 5.92 Å². The molecule has 3 aliphatic heterocycles. The van der Waals surface area contributed by atoms with Crippen molar-refractivity contribution in [2.45, 2.75) is 18.9 Å². The highest BCUT2D eigenvalue weighted by molar-refractivity contribution is 6.13. The number of piperidine rings is 3. The van der Waals surface area contributed by atoms with Crippen LogP contribution in [0.3, 0.4) is 0 Å². The number of carbonyl (C=O) groups excluding carboxylic acids is 2. The number of fused-ring (bicyclic) bond motifs is 3. The lowest BCUT2D eigenvalue weighted by atomic mass is 9.86. The molecule has 3 heterocycles. The van der Waals surface area contributed by atoms with Gasteiger partial charge in [-0.05, 0) is 44.0 Å². The third-order valence-electron chi connectivity index (χ3n) is 5.30. The average Bonchev–Trinajstić information content (AvgIpc) is 2.69. The Hall–Kier alpha value is -2.66. The third kappa shape index (κ3) is 3.48. The zero-order chi connectivity index (χ0) is 17.9. The molecule has 0 radical (unpaired) electrons. The number of carbonyl (C=O) groups is 2. The third-order valence-corrected chi connectivity index (χ3v) is 5.30. The van der Waals surface area contributed by atoms with Gasteiger partial charge >= 0.3 is 6.09 Å². The zero-order valence-electron chi connectivity index (χ0n) is 14.6. The lowest BCUT2D eigenvalue weighted by Crippen LogP contribution is -2.52. The molecular weight excluding hydrogens is 328 g/mol. The van der Waals surface area contributed by atoms with E-state index >= 15 is 0 Å². The average molecular weight is 350 g/mol. The number of benzene rings is 2. The molecule has 2 aromatic carbocycles. The fraction of sp³-hybridized carbons (Fsp3) is 0.333. The lowest BCUT2D eigenvalue weighted by Gasteiger charge is -2.43. The van der Waals surface area contributed by atoms with Crippen molar-refractivity contribution in [1.82, 2.24) is 4.90 Å². The predicted molar refractivity (Wildman–Crippen MR) is 99.4 cm³/mol. The van der Waals surface area contributed by atoms with E-state index in [1.807, 2.05) is 18.2 Å². The number of nitrogens with one attached hydrogen (secondary N) is 1. The van der Waals surface area contributed by atoms with Gasteiger partial charge in [0, 0.05) is 17.7 Å². The molecule has 0 saturated carbocycles. The van der Waals surface area contributed by atoms with Crippen molar-refractivity contribution in [3.8, 4) is 0 Å². The first-order chi connectivity index (χ1) is 12.7. The van der Waals surface area contributed by atoms with Crippen LogP contribution in [-0.4, -0.2) is 42.5 Å². The number of nitrogens with zero attached hydrogens (tertiary/aromatic N) is 1. The van der Waals surface area contributed by atoms with Gasteiger partial charge < -0.3 is 4.74 Å². The minimum absolute atomic E-state index is 0.0607. The number of anilines is 1. The van der Waals surface area contributed by atoms with Crippen LogP contribution >= 0.6 is 0 Å². The molecule has 5 nitrogen and oxygen atoms in total. The topological polar surface area (TPSA) is 58.6 Å². The Balaban J connectivity index is 1.46. The molecule has 2 bridgehead atoms. The van der Waals surface area contributed by atoms with Crippen LogP contribution < -0.4 is 5.32 Å². The Morgan fingerprint density at radius 1 is 0.962 bits per heavy atom. The van der Waals surface area contributed by atoms with Crippen molar-refractivity contribution in [1.29, 1.82) is 0 Å². The quantitative estimate of drug-likeness (QED) is 0.857. The van der Waals surface area contributed by atoms with Gasteiger partial charge in [-0.25, -0.2) is 4.79 Å². The van der Waals surface area contributed by atoms with Crippen molar-refractivity contribution in [3.63, 3.8) is 0 Å². The summed E-state index contributed by atoms with van der Waals surface area (Å²) in [5, 5.41) is 2.77. The van der Waals surface area contributed by atoms with E-state index in [2.05, 4.69) is 10.2 Å². The van der Waals surface area contributed by atoms with Crippen LogP contribution in [0.2, 0.25) is 0 Å². The molecule has 3 fully saturated rings. The van der Waals surface area contributed by atoms with Gasteiger partial charge in [-0.15, -0.1) is 0 Å². The van der Waals surface area contributed by atoms with Crippen molar-refractivity contribution in [3.05, 3.63) is 65.7 Å². The number of para-hydroxylation sites is 1. The number of hydrogen-bond donors (Lipinski definition) is 1. The Bertz CT molecular complexity index is 798. The molecule has 0 aliphatic carbocycles. The summed E-state index contributed by atoms with van der Waals surface area (Å²) in [5.74, 6) is 0.330. The SMILES string of the molecule is O=C(Nc1ccccc1C(=O)c1ccccc1)OC1CN2CCC1CC2. The maximum Gasteiger partial charge on any atom is 0.411 e. The standard InChI is InChI=1S/C21H22N2O3/c24-20(16-6-2-1-3-7-16)17-8-4-5-9-18(17)22-21(25)26-19-14-23-12-10-15(19)11-13-23/h1-9,15,19H,10-14H2,(H,22,25). The summed E-state index contributed by atoms with van der Waals surface area (Å²) in [6.45, 7) is 3.00. The highest BCUT2D eigenvalue weighted by Gasteiger charge is 2.36. The van der Waals surface area contributed by atoms with E-state index in [1.165, 1.54) is 0 Å². The molecule has 1 atom stereocenters. The summed E-state index contributed by atoms with van der Waals surface area (Å²) >= 11 is 0. The molecular formula is C21H22N2O3. The van der Waals surface area contributed by atoms with Gasteiger partial charge in [0.1, 0.15) is 6.10 Å². The molecule has 26 heavy (non-hydrogen) atoms. The molecule has 3 saturated heterocycles. The van der Waals surface area contributed by atoms with Crippen LogP contribution in [0.5, 0.6) is 0 Å². The van der Waals surface area contributed by atoms with Gasteiger partial charge in [0.25, 0.3) is 0 Å². The molecule has 5 rings (SSSR count). The second kappa shape index (κ2) is 7.30. The maximum atomic E-state index is 12.7.